The van der Waals surface area contributed by atoms with E-state index in [-0.39, 0.29) is 11.9 Å². The molecule has 6 heteroatoms. The number of imidazole rings is 1. The third-order valence-electron chi connectivity index (χ3n) is 4.50. The van der Waals surface area contributed by atoms with Crippen LogP contribution in [0.3, 0.4) is 0 Å². The predicted molar refractivity (Wildman–Crippen MR) is 111 cm³/mol. The molecule has 4 nitrogen and oxygen atoms in total. The molecule has 27 heavy (non-hydrogen) atoms. The van der Waals surface area contributed by atoms with Gasteiger partial charge in [0.05, 0.1) is 6.10 Å². The lowest BCUT2D eigenvalue weighted by molar-refractivity contribution is 0.0636. The van der Waals surface area contributed by atoms with Gasteiger partial charge in [0.2, 0.25) is 0 Å². The highest BCUT2D eigenvalue weighted by molar-refractivity contribution is 6.76. The van der Waals surface area contributed by atoms with Gasteiger partial charge in [-0.3, -0.25) is 0 Å². The molecule has 0 aliphatic heterocycles. The van der Waals surface area contributed by atoms with E-state index < -0.39 is 8.07 Å². The zero-order chi connectivity index (χ0) is 19.9. The van der Waals surface area contributed by atoms with Crippen LogP contribution in [0.2, 0.25) is 25.7 Å². The Morgan fingerprint density at radius 3 is 2.70 bits per heavy atom. The lowest BCUT2D eigenvalue weighted by atomic mass is 10.0. The van der Waals surface area contributed by atoms with Crippen molar-refractivity contribution in [2.45, 2.75) is 65.2 Å². The molecule has 0 fully saturated rings. The highest BCUT2D eigenvalue weighted by Gasteiger charge is 2.18. The van der Waals surface area contributed by atoms with E-state index in [2.05, 4.69) is 31.5 Å². The average Bonchev–Trinajstić information content (AvgIpc) is 3.06. The van der Waals surface area contributed by atoms with Crippen LogP contribution < -0.4 is 0 Å². The Labute approximate surface area is 163 Å². The fraction of sp³-hybridized carbons (Fsp3) is 0.571. The van der Waals surface area contributed by atoms with E-state index in [1.165, 1.54) is 6.07 Å². The Balaban J connectivity index is 2.15. The molecule has 150 valence electrons. The molecule has 1 atom stereocenters. The predicted octanol–water partition coefficient (Wildman–Crippen LogP) is 5.88. The molecule has 2 rings (SSSR count). The van der Waals surface area contributed by atoms with E-state index in [9.17, 15) is 4.39 Å². The third-order valence-corrected chi connectivity index (χ3v) is 6.20. The average molecular weight is 393 g/mol. The number of ether oxygens (including phenoxy) is 2. The molecule has 0 saturated heterocycles. The zero-order valence-corrected chi connectivity index (χ0v) is 18.3. The molecule has 0 amide bonds. The van der Waals surface area contributed by atoms with Crippen LogP contribution in [0.1, 0.15) is 38.4 Å². The summed E-state index contributed by atoms with van der Waals surface area (Å²) in [5.74, 6) is 0.521. The minimum atomic E-state index is -1.11. The van der Waals surface area contributed by atoms with Crippen molar-refractivity contribution in [1.82, 2.24) is 9.55 Å². The first-order chi connectivity index (χ1) is 12.8. The molecule has 2 aromatic rings. The van der Waals surface area contributed by atoms with Gasteiger partial charge in [0, 0.05) is 39.2 Å². The minimum Gasteiger partial charge on any atom is -0.374 e. The molecule has 0 spiro atoms. The quantitative estimate of drug-likeness (QED) is 0.354. The number of unbranched alkanes of at least 4 members (excludes halogenated alkanes) is 1. The third kappa shape index (κ3) is 6.87. The van der Waals surface area contributed by atoms with E-state index in [0.717, 1.165) is 42.4 Å². The van der Waals surface area contributed by atoms with Crippen molar-refractivity contribution in [3.05, 3.63) is 42.0 Å². The first-order valence-electron chi connectivity index (χ1n) is 9.82. The molecule has 1 aromatic heterocycles. The van der Waals surface area contributed by atoms with Crippen molar-refractivity contribution in [3.8, 4) is 11.4 Å². The molecule has 0 aliphatic carbocycles. The van der Waals surface area contributed by atoms with Crippen LogP contribution in [-0.4, -0.2) is 30.8 Å². The summed E-state index contributed by atoms with van der Waals surface area (Å²) in [5.41, 5.74) is 1.71. The van der Waals surface area contributed by atoms with Crippen LogP contribution in [-0.2, 0) is 16.2 Å². The molecule has 0 aliphatic rings. The van der Waals surface area contributed by atoms with Gasteiger partial charge >= 0.3 is 0 Å². The van der Waals surface area contributed by atoms with Gasteiger partial charge in [-0.25, -0.2) is 9.37 Å². The number of halogens is 1. The summed E-state index contributed by atoms with van der Waals surface area (Å²) in [7, 11) is -1.11. The van der Waals surface area contributed by atoms with Crippen molar-refractivity contribution in [1.29, 1.82) is 0 Å². The lowest BCUT2D eigenvalue weighted by Gasteiger charge is -2.19. The van der Waals surface area contributed by atoms with Gasteiger partial charge in [-0.15, -0.1) is 0 Å². The Hall–Kier alpha value is -1.50. The van der Waals surface area contributed by atoms with Gasteiger partial charge in [0.25, 0.3) is 0 Å². The van der Waals surface area contributed by atoms with Crippen molar-refractivity contribution in [3.63, 3.8) is 0 Å². The SMILES string of the molecule is CCCCOC(C)c1cc(F)ccc1-c1nccn1COCC[Si](C)(C)C. The summed E-state index contributed by atoms with van der Waals surface area (Å²) in [6, 6.07) is 5.94. The molecule has 1 unspecified atom stereocenters. The van der Waals surface area contributed by atoms with Gasteiger partial charge < -0.3 is 14.0 Å². The monoisotopic (exact) mass is 392 g/mol. The molecular weight excluding hydrogens is 359 g/mol. The summed E-state index contributed by atoms with van der Waals surface area (Å²) in [6.07, 6.45) is 5.53. The second kappa shape index (κ2) is 10.2. The topological polar surface area (TPSA) is 36.3 Å². The Morgan fingerprint density at radius 1 is 1.22 bits per heavy atom. The molecule has 0 radical (unpaired) electrons. The van der Waals surface area contributed by atoms with Crippen LogP contribution in [0.25, 0.3) is 11.4 Å². The van der Waals surface area contributed by atoms with Crippen LogP contribution in [0.15, 0.2) is 30.6 Å². The van der Waals surface area contributed by atoms with Gasteiger partial charge in [0.1, 0.15) is 18.4 Å². The van der Waals surface area contributed by atoms with Crippen molar-refractivity contribution >= 4 is 8.07 Å². The fourth-order valence-corrected chi connectivity index (χ4v) is 3.52. The fourth-order valence-electron chi connectivity index (χ4n) is 2.77. The van der Waals surface area contributed by atoms with Crippen LogP contribution in [0.4, 0.5) is 4.39 Å². The zero-order valence-electron chi connectivity index (χ0n) is 17.3. The Kier molecular flexibility index (Phi) is 8.20. The standard InChI is InChI=1S/C21H33FN2O2Si/c1-6-7-12-26-17(2)20-15-18(22)8-9-19(20)21-23-10-11-24(21)16-25-13-14-27(3,4)5/h8-11,15,17H,6-7,12-14,16H2,1-5H3. The number of nitrogens with zero attached hydrogens (tertiary/aromatic N) is 2. The Bertz CT molecular complexity index is 712. The molecule has 0 saturated carbocycles. The number of rotatable bonds is 11. The van der Waals surface area contributed by atoms with Crippen molar-refractivity contribution < 1.29 is 13.9 Å². The first kappa shape index (κ1) is 21.8. The number of hydrogen-bond donors (Lipinski definition) is 0. The van der Waals surface area contributed by atoms with E-state index >= 15 is 0 Å². The smallest absolute Gasteiger partial charge is 0.142 e. The summed E-state index contributed by atoms with van der Waals surface area (Å²) >= 11 is 0. The van der Waals surface area contributed by atoms with Crippen LogP contribution in [0, 0.1) is 5.82 Å². The second-order valence-electron chi connectivity index (χ2n) is 8.17. The number of aromatic nitrogens is 2. The molecular formula is C21H33FN2O2Si. The second-order valence-corrected chi connectivity index (χ2v) is 13.8. The molecule has 0 N–H and O–H groups in total. The van der Waals surface area contributed by atoms with Crippen LogP contribution in [0.5, 0.6) is 0 Å². The van der Waals surface area contributed by atoms with E-state index in [1.807, 2.05) is 17.7 Å². The minimum absolute atomic E-state index is 0.194. The largest absolute Gasteiger partial charge is 0.374 e. The van der Waals surface area contributed by atoms with Gasteiger partial charge in [-0.2, -0.15) is 0 Å². The van der Waals surface area contributed by atoms with Gasteiger partial charge in [0.15, 0.2) is 0 Å². The summed E-state index contributed by atoms with van der Waals surface area (Å²) < 4.78 is 27.6. The molecule has 0 bridgehead atoms. The molecule has 1 aromatic carbocycles. The Morgan fingerprint density at radius 2 is 2.00 bits per heavy atom. The maximum atomic E-state index is 13.9. The molecule has 1 heterocycles. The van der Waals surface area contributed by atoms with Crippen molar-refractivity contribution in [2.75, 3.05) is 13.2 Å². The van der Waals surface area contributed by atoms with Gasteiger partial charge in [-0.1, -0.05) is 33.0 Å². The van der Waals surface area contributed by atoms with Crippen molar-refractivity contribution in [2.24, 2.45) is 0 Å². The highest BCUT2D eigenvalue weighted by Crippen LogP contribution is 2.30. The van der Waals surface area contributed by atoms with E-state index in [0.29, 0.717) is 13.3 Å². The maximum Gasteiger partial charge on any atom is 0.142 e. The lowest BCUT2D eigenvalue weighted by Crippen LogP contribution is -2.22. The summed E-state index contributed by atoms with van der Waals surface area (Å²) in [5, 5.41) is 0. The maximum absolute atomic E-state index is 13.9. The highest BCUT2D eigenvalue weighted by atomic mass is 28.3. The van der Waals surface area contributed by atoms with E-state index in [1.54, 1.807) is 18.3 Å². The summed E-state index contributed by atoms with van der Waals surface area (Å²) in [4.78, 5) is 4.50. The summed E-state index contributed by atoms with van der Waals surface area (Å²) in [6.45, 7) is 13.0. The van der Waals surface area contributed by atoms with Gasteiger partial charge in [-0.05, 0) is 43.2 Å². The normalized spacial score (nSPS) is 13.1. The van der Waals surface area contributed by atoms with Crippen LogP contribution >= 0.6 is 0 Å². The number of hydrogen-bond acceptors (Lipinski definition) is 3. The van der Waals surface area contributed by atoms with E-state index in [4.69, 9.17) is 9.47 Å². The number of benzene rings is 1. The first-order valence-corrected chi connectivity index (χ1v) is 13.5.